The quantitative estimate of drug-likeness (QED) is 0.473. The molecule has 1 amide bonds. The van der Waals surface area contributed by atoms with Crippen LogP contribution in [0, 0.1) is 0 Å². The molecule has 0 radical (unpaired) electrons. The molecule has 0 aliphatic heterocycles. The Morgan fingerprint density at radius 2 is 1.89 bits per heavy atom. The molecule has 0 saturated carbocycles. The van der Waals surface area contributed by atoms with Gasteiger partial charge in [0.2, 0.25) is 5.91 Å². The summed E-state index contributed by atoms with van der Waals surface area (Å²) >= 11 is 6.48. The second kappa shape index (κ2) is 7.68. The average Bonchev–Trinajstić information content (AvgIpc) is 3.33. The number of carbonyl (C=O) groups is 1. The van der Waals surface area contributed by atoms with Gasteiger partial charge in [0.05, 0.1) is 6.42 Å². The largest absolute Gasteiger partial charge is 0.361 e. The Morgan fingerprint density at radius 3 is 2.70 bits per heavy atom. The molecule has 0 aliphatic rings. The van der Waals surface area contributed by atoms with Crippen molar-refractivity contribution in [3.8, 4) is 0 Å². The molecular formula is C21H19ClN4O. The minimum absolute atomic E-state index is 0.0598. The van der Waals surface area contributed by atoms with Crippen LogP contribution in [0.1, 0.15) is 22.9 Å². The Labute approximate surface area is 161 Å². The molecule has 136 valence electrons. The third-order valence-corrected chi connectivity index (χ3v) is 5.01. The number of hydrogen-bond donors (Lipinski definition) is 3. The molecule has 2 aromatic carbocycles. The van der Waals surface area contributed by atoms with Crippen molar-refractivity contribution < 1.29 is 4.79 Å². The molecule has 0 aliphatic carbocycles. The Kier molecular flexibility index (Phi) is 4.94. The van der Waals surface area contributed by atoms with Crippen LogP contribution in [-0.4, -0.2) is 27.4 Å². The number of hydrogen-bond acceptors (Lipinski definition) is 2. The lowest BCUT2D eigenvalue weighted by Crippen LogP contribution is -2.30. The first kappa shape index (κ1) is 17.4. The summed E-state index contributed by atoms with van der Waals surface area (Å²) in [6.45, 7) is 0.450. The molecule has 0 bridgehead atoms. The predicted octanol–water partition coefficient (Wildman–Crippen LogP) is 4.04. The monoisotopic (exact) mass is 378 g/mol. The number of fused-ring (bicyclic) bond motifs is 1. The lowest BCUT2D eigenvalue weighted by molar-refractivity contribution is -0.120. The molecule has 4 aromatic rings. The van der Waals surface area contributed by atoms with Gasteiger partial charge in [-0.3, -0.25) is 4.79 Å². The highest BCUT2D eigenvalue weighted by Gasteiger charge is 2.21. The van der Waals surface area contributed by atoms with Crippen LogP contribution in [0.5, 0.6) is 0 Å². The van der Waals surface area contributed by atoms with Crippen LogP contribution in [0.3, 0.4) is 0 Å². The molecule has 3 N–H and O–H groups in total. The SMILES string of the molecule is O=C(Cc1ncc[nH]1)NCC(c1ccccc1Cl)c1c[nH]c2ccccc12. The van der Waals surface area contributed by atoms with E-state index in [0.29, 0.717) is 17.4 Å². The van der Waals surface area contributed by atoms with E-state index in [1.54, 1.807) is 12.4 Å². The van der Waals surface area contributed by atoms with Crippen molar-refractivity contribution in [2.75, 3.05) is 6.54 Å². The van der Waals surface area contributed by atoms with Gasteiger partial charge < -0.3 is 15.3 Å². The average molecular weight is 379 g/mol. The summed E-state index contributed by atoms with van der Waals surface area (Å²) in [5.41, 5.74) is 3.16. The first-order chi connectivity index (χ1) is 13.2. The van der Waals surface area contributed by atoms with Gasteiger partial charge in [0, 0.05) is 47.0 Å². The minimum atomic E-state index is -0.0816. The van der Waals surface area contributed by atoms with E-state index in [0.717, 1.165) is 22.0 Å². The van der Waals surface area contributed by atoms with Crippen LogP contribution in [0.2, 0.25) is 5.02 Å². The number of aromatic nitrogens is 3. The fourth-order valence-electron chi connectivity index (χ4n) is 3.35. The highest BCUT2D eigenvalue weighted by molar-refractivity contribution is 6.31. The fraction of sp³-hybridized carbons (Fsp3) is 0.143. The van der Waals surface area contributed by atoms with E-state index in [1.165, 1.54) is 0 Å². The zero-order chi connectivity index (χ0) is 18.6. The van der Waals surface area contributed by atoms with Crippen LogP contribution < -0.4 is 5.32 Å². The summed E-state index contributed by atoms with van der Waals surface area (Å²) in [6.07, 6.45) is 5.57. The molecule has 0 spiro atoms. The first-order valence-electron chi connectivity index (χ1n) is 8.78. The highest BCUT2D eigenvalue weighted by atomic mass is 35.5. The van der Waals surface area contributed by atoms with Gasteiger partial charge in [0.25, 0.3) is 0 Å². The number of halogens is 1. The topological polar surface area (TPSA) is 73.6 Å². The van der Waals surface area contributed by atoms with Crippen LogP contribution in [0.4, 0.5) is 0 Å². The Hall–Kier alpha value is -3.05. The molecule has 2 heterocycles. The number of benzene rings is 2. The lowest BCUT2D eigenvalue weighted by atomic mass is 9.90. The highest BCUT2D eigenvalue weighted by Crippen LogP contribution is 2.34. The molecule has 27 heavy (non-hydrogen) atoms. The standard InChI is InChI=1S/C21H19ClN4O/c22-18-7-3-1-5-14(18)16(13-26-21(27)11-20-23-9-10-24-20)17-12-25-19-8-4-2-6-15(17)19/h1-10,12,16,25H,11,13H2,(H,23,24)(H,26,27). The van der Waals surface area contributed by atoms with Gasteiger partial charge in [-0.1, -0.05) is 48.0 Å². The minimum Gasteiger partial charge on any atom is -0.361 e. The van der Waals surface area contributed by atoms with Gasteiger partial charge in [-0.05, 0) is 23.3 Å². The van der Waals surface area contributed by atoms with Gasteiger partial charge in [0.15, 0.2) is 0 Å². The van der Waals surface area contributed by atoms with Crippen LogP contribution in [0.25, 0.3) is 10.9 Å². The summed E-state index contributed by atoms with van der Waals surface area (Å²) in [7, 11) is 0. The van der Waals surface area contributed by atoms with E-state index < -0.39 is 0 Å². The molecule has 4 rings (SSSR count). The number of nitrogens with zero attached hydrogens (tertiary/aromatic N) is 1. The van der Waals surface area contributed by atoms with Crippen LogP contribution in [0.15, 0.2) is 67.1 Å². The van der Waals surface area contributed by atoms with Crippen molar-refractivity contribution in [3.63, 3.8) is 0 Å². The molecular weight excluding hydrogens is 360 g/mol. The van der Waals surface area contributed by atoms with Crippen LogP contribution in [-0.2, 0) is 11.2 Å². The summed E-state index contributed by atoms with van der Waals surface area (Å²) in [5, 5.41) is 4.84. The fourth-order valence-corrected chi connectivity index (χ4v) is 3.62. The maximum Gasteiger partial charge on any atom is 0.227 e. The van der Waals surface area contributed by atoms with Gasteiger partial charge in [-0.25, -0.2) is 4.98 Å². The van der Waals surface area contributed by atoms with E-state index in [2.05, 4.69) is 26.3 Å². The second-order valence-electron chi connectivity index (χ2n) is 6.38. The third-order valence-electron chi connectivity index (χ3n) is 4.66. The number of nitrogens with one attached hydrogen (secondary N) is 3. The molecule has 0 fully saturated rings. The molecule has 2 aromatic heterocycles. The Balaban J connectivity index is 1.63. The Morgan fingerprint density at radius 1 is 1.07 bits per heavy atom. The van der Waals surface area contributed by atoms with Crippen molar-refractivity contribution >= 4 is 28.4 Å². The maximum atomic E-state index is 12.4. The number of amides is 1. The molecule has 1 unspecified atom stereocenters. The van der Waals surface area contributed by atoms with E-state index in [-0.39, 0.29) is 18.2 Å². The summed E-state index contributed by atoms with van der Waals surface area (Å²) in [6, 6.07) is 15.9. The van der Waals surface area contributed by atoms with Gasteiger partial charge in [-0.2, -0.15) is 0 Å². The maximum absolute atomic E-state index is 12.4. The molecule has 0 saturated heterocycles. The van der Waals surface area contributed by atoms with E-state index in [4.69, 9.17) is 11.6 Å². The van der Waals surface area contributed by atoms with Crippen molar-refractivity contribution in [1.82, 2.24) is 20.3 Å². The van der Waals surface area contributed by atoms with Crippen molar-refractivity contribution in [2.24, 2.45) is 0 Å². The van der Waals surface area contributed by atoms with Gasteiger partial charge >= 0.3 is 0 Å². The zero-order valence-corrected chi connectivity index (χ0v) is 15.3. The number of H-pyrrole nitrogens is 2. The summed E-state index contributed by atoms with van der Waals surface area (Å²) in [4.78, 5) is 22.7. The molecule has 1 atom stereocenters. The van der Waals surface area contributed by atoms with E-state index >= 15 is 0 Å². The normalized spacial score (nSPS) is 12.2. The zero-order valence-electron chi connectivity index (χ0n) is 14.6. The van der Waals surface area contributed by atoms with Crippen molar-refractivity contribution in [1.29, 1.82) is 0 Å². The number of imidazole rings is 1. The van der Waals surface area contributed by atoms with Gasteiger partial charge in [-0.15, -0.1) is 0 Å². The predicted molar refractivity (Wildman–Crippen MR) is 107 cm³/mol. The number of aromatic amines is 2. The summed E-state index contributed by atoms with van der Waals surface area (Å²) < 4.78 is 0. The van der Waals surface area contributed by atoms with Crippen molar-refractivity contribution in [3.05, 3.63) is 89.1 Å². The smallest absolute Gasteiger partial charge is 0.227 e. The first-order valence-corrected chi connectivity index (χ1v) is 9.15. The number of rotatable bonds is 6. The molecule has 6 heteroatoms. The number of carbonyl (C=O) groups excluding carboxylic acids is 1. The lowest BCUT2D eigenvalue weighted by Gasteiger charge is -2.19. The molecule has 5 nitrogen and oxygen atoms in total. The van der Waals surface area contributed by atoms with E-state index in [9.17, 15) is 4.79 Å². The van der Waals surface area contributed by atoms with Crippen LogP contribution >= 0.6 is 11.6 Å². The summed E-state index contributed by atoms with van der Waals surface area (Å²) in [5.74, 6) is 0.506. The second-order valence-corrected chi connectivity index (χ2v) is 6.79. The number of para-hydroxylation sites is 1. The third kappa shape index (κ3) is 3.73. The van der Waals surface area contributed by atoms with Crippen molar-refractivity contribution in [2.45, 2.75) is 12.3 Å². The van der Waals surface area contributed by atoms with E-state index in [1.807, 2.05) is 48.7 Å². The Bertz CT molecular complexity index is 1050. The van der Waals surface area contributed by atoms with Gasteiger partial charge in [0.1, 0.15) is 5.82 Å².